The van der Waals surface area contributed by atoms with Crippen molar-refractivity contribution in [3.05, 3.63) is 68.6 Å². The van der Waals surface area contributed by atoms with Crippen LogP contribution in [0.3, 0.4) is 0 Å². The molecule has 0 bridgehead atoms. The maximum atomic E-state index is 12.8. The molecule has 38 heavy (non-hydrogen) atoms. The maximum Gasteiger partial charge on any atom is 0.326 e. The van der Waals surface area contributed by atoms with Gasteiger partial charge in [-0.05, 0) is 36.8 Å². The van der Waals surface area contributed by atoms with E-state index in [4.69, 9.17) is 37.4 Å². The van der Waals surface area contributed by atoms with Crippen LogP contribution < -0.4 is 15.4 Å². The van der Waals surface area contributed by atoms with E-state index < -0.39 is 36.0 Å². The van der Waals surface area contributed by atoms with Crippen LogP contribution in [0, 0.1) is 6.92 Å². The van der Waals surface area contributed by atoms with Gasteiger partial charge in [-0.2, -0.15) is 0 Å². The molecule has 11 nitrogen and oxygen atoms in total. The summed E-state index contributed by atoms with van der Waals surface area (Å²) in [5.74, 6) is -2.17. The molecule has 3 atom stereocenters. The summed E-state index contributed by atoms with van der Waals surface area (Å²) >= 11 is 13.5. The number of carboxylic acids is 1. The molecule has 4 rings (SSSR count). The van der Waals surface area contributed by atoms with Crippen molar-refractivity contribution in [2.24, 2.45) is 0 Å². The van der Waals surface area contributed by atoms with Gasteiger partial charge >= 0.3 is 5.97 Å². The summed E-state index contributed by atoms with van der Waals surface area (Å²) in [6, 6.07) is 10.6. The number of anilines is 1. The first-order valence-electron chi connectivity index (χ1n) is 11.2. The van der Waals surface area contributed by atoms with Gasteiger partial charge in [0.1, 0.15) is 30.2 Å². The number of aryl methyl sites for hydroxylation is 1. The first-order chi connectivity index (χ1) is 18.2. The number of ether oxygens (including phenoxy) is 3. The van der Waals surface area contributed by atoms with E-state index >= 15 is 0 Å². The van der Waals surface area contributed by atoms with E-state index in [2.05, 4.69) is 20.8 Å². The summed E-state index contributed by atoms with van der Waals surface area (Å²) in [7, 11) is 0. The second-order valence-corrected chi connectivity index (χ2v) is 10.1. The molecule has 3 N–H and O–H groups in total. The summed E-state index contributed by atoms with van der Waals surface area (Å²) in [6.07, 6.45) is -2.64. The number of halogens is 2. The number of hydrogen-bond donors (Lipinski definition) is 3. The summed E-state index contributed by atoms with van der Waals surface area (Å²) < 4.78 is 16.3. The number of aromatic nitrogens is 2. The zero-order chi connectivity index (χ0) is 27.2. The Morgan fingerprint density at radius 1 is 1.08 bits per heavy atom. The number of carbonyl (C=O) groups is 3. The summed E-state index contributed by atoms with van der Waals surface area (Å²) in [4.78, 5) is 37.3. The lowest BCUT2D eigenvalue weighted by Crippen LogP contribution is -2.51. The number of carbonyl (C=O) groups excluding carboxylic acids is 2. The molecule has 0 spiro atoms. The average molecular weight is 581 g/mol. The van der Waals surface area contributed by atoms with Gasteiger partial charge in [-0.15, -0.1) is 10.2 Å². The lowest BCUT2D eigenvalue weighted by atomic mass is 10.0. The Balaban J connectivity index is 1.34. The maximum absolute atomic E-state index is 12.8. The van der Waals surface area contributed by atoms with Crippen LogP contribution in [0.2, 0.25) is 10.0 Å². The number of amides is 2. The third kappa shape index (κ3) is 6.97. The zero-order valence-electron chi connectivity index (χ0n) is 19.9. The highest BCUT2D eigenvalue weighted by Gasteiger charge is 2.42. The fourth-order valence-corrected chi connectivity index (χ4v) is 4.65. The topological polar surface area (TPSA) is 149 Å². The monoisotopic (exact) mass is 580 g/mol. The molecule has 3 aromatic rings. The number of nitrogens with one attached hydrogen (secondary N) is 2. The van der Waals surface area contributed by atoms with Gasteiger partial charge < -0.3 is 24.6 Å². The predicted octanol–water partition coefficient (Wildman–Crippen LogP) is 3.22. The SMILES string of the molecule is Cc1nnc(NC(=O)[C@@H]2OCO[C@H]2C(=O)NC(Cc2ccc(OCc3c(Cl)cccc3Cl)cc2)C(=O)O)s1. The van der Waals surface area contributed by atoms with Crippen molar-refractivity contribution in [1.29, 1.82) is 0 Å². The van der Waals surface area contributed by atoms with Crippen LogP contribution in [-0.4, -0.2) is 58.1 Å². The molecule has 1 aliphatic rings. The van der Waals surface area contributed by atoms with Gasteiger partial charge in [-0.25, -0.2) is 4.79 Å². The van der Waals surface area contributed by atoms with E-state index in [1.165, 1.54) is 0 Å². The lowest BCUT2D eigenvalue weighted by Gasteiger charge is -2.19. The fourth-order valence-electron chi connectivity index (χ4n) is 3.55. The number of rotatable bonds is 10. The Kier molecular flexibility index (Phi) is 9.13. The highest BCUT2D eigenvalue weighted by molar-refractivity contribution is 7.15. The van der Waals surface area contributed by atoms with Crippen molar-refractivity contribution in [3.8, 4) is 5.75 Å². The second kappa shape index (κ2) is 12.5. The predicted molar refractivity (Wildman–Crippen MR) is 138 cm³/mol. The van der Waals surface area contributed by atoms with E-state index in [0.29, 0.717) is 31.9 Å². The molecule has 200 valence electrons. The third-order valence-electron chi connectivity index (χ3n) is 5.47. The average Bonchev–Trinajstić information content (AvgIpc) is 3.53. The number of hydrogen-bond acceptors (Lipinski definition) is 9. The van der Waals surface area contributed by atoms with E-state index in [-0.39, 0.29) is 25.0 Å². The Morgan fingerprint density at radius 3 is 2.34 bits per heavy atom. The van der Waals surface area contributed by atoms with Crippen molar-refractivity contribution in [2.45, 2.75) is 38.2 Å². The fraction of sp³-hybridized carbons (Fsp3) is 0.292. The van der Waals surface area contributed by atoms with Gasteiger partial charge in [-0.3, -0.25) is 14.9 Å². The Labute approximate surface area is 231 Å². The van der Waals surface area contributed by atoms with Crippen molar-refractivity contribution in [2.75, 3.05) is 12.1 Å². The molecule has 1 aliphatic heterocycles. The lowest BCUT2D eigenvalue weighted by molar-refractivity contribution is -0.144. The van der Waals surface area contributed by atoms with Crippen LogP contribution in [-0.2, 0) is 36.9 Å². The minimum absolute atomic E-state index is 0.0216. The molecule has 2 amide bonds. The van der Waals surface area contributed by atoms with Crippen LogP contribution in [0.4, 0.5) is 5.13 Å². The van der Waals surface area contributed by atoms with Gasteiger partial charge in [0.05, 0.1) is 0 Å². The Bertz CT molecular complexity index is 1300. The molecular formula is C24H22Cl2N4O7S. The van der Waals surface area contributed by atoms with E-state index in [1.54, 1.807) is 49.4 Å². The highest BCUT2D eigenvalue weighted by atomic mass is 35.5. The van der Waals surface area contributed by atoms with Crippen molar-refractivity contribution in [1.82, 2.24) is 15.5 Å². The van der Waals surface area contributed by atoms with Gasteiger partial charge in [-0.1, -0.05) is 52.7 Å². The number of carboxylic acid groups (broad SMARTS) is 1. The van der Waals surface area contributed by atoms with Crippen LogP contribution in [0.25, 0.3) is 0 Å². The smallest absolute Gasteiger partial charge is 0.326 e. The largest absolute Gasteiger partial charge is 0.489 e. The van der Waals surface area contributed by atoms with E-state index in [9.17, 15) is 19.5 Å². The molecule has 1 unspecified atom stereocenters. The molecule has 1 saturated heterocycles. The molecule has 1 aromatic heterocycles. The van der Waals surface area contributed by atoms with Crippen LogP contribution >= 0.6 is 34.5 Å². The van der Waals surface area contributed by atoms with Gasteiger partial charge in [0.15, 0.2) is 12.2 Å². The highest BCUT2D eigenvalue weighted by Crippen LogP contribution is 2.26. The first-order valence-corrected chi connectivity index (χ1v) is 12.8. The zero-order valence-corrected chi connectivity index (χ0v) is 22.2. The third-order valence-corrected chi connectivity index (χ3v) is 6.93. The van der Waals surface area contributed by atoms with Gasteiger partial charge in [0.25, 0.3) is 11.8 Å². The van der Waals surface area contributed by atoms with Crippen molar-refractivity contribution < 1.29 is 33.7 Å². The number of nitrogens with zero attached hydrogens (tertiary/aromatic N) is 2. The minimum atomic E-state index is -1.33. The molecular weight excluding hydrogens is 559 g/mol. The minimum Gasteiger partial charge on any atom is -0.489 e. The molecule has 2 aromatic carbocycles. The van der Waals surface area contributed by atoms with Crippen LogP contribution in [0.15, 0.2) is 42.5 Å². The molecule has 0 aliphatic carbocycles. The number of aliphatic carboxylic acids is 1. The molecule has 0 saturated carbocycles. The molecule has 1 fully saturated rings. The first kappa shape index (κ1) is 27.7. The summed E-state index contributed by atoms with van der Waals surface area (Å²) in [5.41, 5.74) is 1.28. The Morgan fingerprint density at radius 2 is 1.74 bits per heavy atom. The molecule has 2 heterocycles. The van der Waals surface area contributed by atoms with Crippen LogP contribution in [0.5, 0.6) is 5.75 Å². The van der Waals surface area contributed by atoms with E-state index in [0.717, 1.165) is 11.3 Å². The quantitative estimate of drug-likeness (QED) is 0.328. The summed E-state index contributed by atoms with van der Waals surface area (Å²) in [6.45, 7) is 1.58. The second-order valence-electron chi connectivity index (χ2n) is 8.14. The van der Waals surface area contributed by atoms with Crippen LogP contribution in [0.1, 0.15) is 16.1 Å². The van der Waals surface area contributed by atoms with Gasteiger partial charge in [0, 0.05) is 22.0 Å². The summed E-state index contributed by atoms with van der Waals surface area (Å²) in [5, 5.41) is 24.1. The standard InChI is InChI=1S/C24H22Cl2N4O7S/c1-12-29-30-24(38-12)28-22(32)20-19(36-11-37-20)21(31)27-18(23(33)34)9-13-5-7-14(8-6-13)35-10-15-16(25)3-2-4-17(15)26/h2-8,18-20H,9-11H2,1H3,(H,27,31)(H,33,34)(H,28,30,32)/t18?,19-,20-/m1/s1. The van der Waals surface area contributed by atoms with Crippen molar-refractivity contribution in [3.63, 3.8) is 0 Å². The normalized spacial score (nSPS) is 17.6. The van der Waals surface area contributed by atoms with E-state index in [1.807, 2.05) is 0 Å². The van der Waals surface area contributed by atoms with Gasteiger partial charge in [0.2, 0.25) is 5.13 Å². The van der Waals surface area contributed by atoms with Crippen molar-refractivity contribution >= 4 is 57.5 Å². The molecule has 0 radical (unpaired) electrons. The molecule has 14 heteroatoms. The number of benzene rings is 2. The Hall–Kier alpha value is -3.29.